The second-order valence-electron chi connectivity index (χ2n) is 2.68. The van der Waals surface area contributed by atoms with Crippen molar-refractivity contribution in [3.8, 4) is 0 Å². The van der Waals surface area contributed by atoms with Crippen molar-refractivity contribution < 1.29 is 14.3 Å². The van der Waals surface area contributed by atoms with Gasteiger partial charge in [0.25, 0.3) is 0 Å². The molecule has 0 aliphatic carbocycles. The zero-order valence-electron chi connectivity index (χ0n) is 8.09. The fraction of sp³-hybridized carbons (Fsp3) is 0.667. The first-order chi connectivity index (χ1) is 5.63. The predicted molar refractivity (Wildman–Crippen MR) is 46.6 cm³/mol. The van der Waals surface area contributed by atoms with Crippen molar-refractivity contribution in [3.63, 3.8) is 0 Å². The largest absolute Gasteiger partial charge is 0.504 e. The van der Waals surface area contributed by atoms with E-state index in [1.807, 2.05) is 13.8 Å². The van der Waals surface area contributed by atoms with Gasteiger partial charge in [-0.1, -0.05) is 13.8 Å². The number of esters is 1. The van der Waals surface area contributed by atoms with Gasteiger partial charge in [0.1, 0.15) is 0 Å². The van der Waals surface area contributed by atoms with Gasteiger partial charge in [-0.2, -0.15) is 0 Å². The number of ether oxygens (including phenoxy) is 2. The molecule has 0 rings (SSSR count). The topological polar surface area (TPSA) is 35.5 Å². The molecule has 12 heavy (non-hydrogen) atoms. The van der Waals surface area contributed by atoms with Gasteiger partial charge in [-0.25, -0.2) is 4.79 Å². The lowest BCUT2D eigenvalue weighted by atomic mass is 10.1. The van der Waals surface area contributed by atoms with Crippen molar-refractivity contribution in [2.24, 2.45) is 5.92 Å². The van der Waals surface area contributed by atoms with Crippen LogP contribution in [0.1, 0.15) is 20.8 Å². The fourth-order valence-electron chi connectivity index (χ4n) is 0.761. The van der Waals surface area contributed by atoms with E-state index in [-0.39, 0.29) is 11.9 Å². The summed E-state index contributed by atoms with van der Waals surface area (Å²) in [5, 5.41) is 0. The van der Waals surface area contributed by atoms with Gasteiger partial charge in [0, 0.05) is 0 Å². The first-order valence-corrected chi connectivity index (χ1v) is 4.03. The van der Waals surface area contributed by atoms with Crippen molar-refractivity contribution >= 4 is 5.97 Å². The van der Waals surface area contributed by atoms with Gasteiger partial charge in [-0.05, 0) is 12.8 Å². The molecule has 0 bridgehead atoms. The maximum Gasteiger partial charge on any atom is 0.337 e. The van der Waals surface area contributed by atoms with E-state index in [9.17, 15) is 4.79 Å². The Balaban J connectivity index is 4.30. The van der Waals surface area contributed by atoms with Gasteiger partial charge in [0.15, 0.2) is 0 Å². The molecular formula is C9H16O3. The van der Waals surface area contributed by atoms with Crippen LogP contribution in [-0.2, 0) is 14.3 Å². The van der Waals surface area contributed by atoms with Crippen LogP contribution in [0.3, 0.4) is 0 Å². The standard InChI is InChI=1S/C9H16O3/c1-5-12-9(10)8(6-11-4)7(2)3/h6-7H,5H2,1-4H3. The van der Waals surface area contributed by atoms with Gasteiger partial charge in [0.05, 0.1) is 25.6 Å². The molecule has 70 valence electrons. The molecule has 0 radical (unpaired) electrons. The predicted octanol–water partition coefficient (Wildman–Crippen LogP) is 1.74. The van der Waals surface area contributed by atoms with Gasteiger partial charge < -0.3 is 9.47 Å². The smallest absolute Gasteiger partial charge is 0.337 e. The second-order valence-corrected chi connectivity index (χ2v) is 2.68. The van der Waals surface area contributed by atoms with Crippen LogP contribution in [0.2, 0.25) is 0 Å². The SMILES string of the molecule is CCOC(=O)C(=COC)C(C)C. The molecule has 0 fully saturated rings. The van der Waals surface area contributed by atoms with Crippen LogP contribution in [-0.4, -0.2) is 19.7 Å². The Hall–Kier alpha value is -0.990. The number of carbonyl (C=O) groups is 1. The normalized spacial score (nSPS) is 11.6. The van der Waals surface area contributed by atoms with Crippen LogP contribution < -0.4 is 0 Å². The van der Waals surface area contributed by atoms with Gasteiger partial charge >= 0.3 is 5.97 Å². The van der Waals surface area contributed by atoms with Crippen LogP contribution in [0.5, 0.6) is 0 Å². The van der Waals surface area contributed by atoms with Gasteiger partial charge in [-0.3, -0.25) is 0 Å². The van der Waals surface area contributed by atoms with Crippen molar-refractivity contribution in [3.05, 3.63) is 11.8 Å². The molecule has 0 atom stereocenters. The number of hydrogen-bond acceptors (Lipinski definition) is 3. The second kappa shape index (κ2) is 5.63. The van der Waals surface area contributed by atoms with Gasteiger partial charge in [-0.15, -0.1) is 0 Å². The molecule has 0 heterocycles. The molecular weight excluding hydrogens is 156 g/mol. The summed E-state index contributed by atoms with van der Waals surface area (Å²) in [6.07, 6.45) is 1.43. The highest BCUT2D eigenvalue weighted by molar-refractivity contribution is 5.88. The van der Waals surface area contributed by atoms with Crippen LogP contribution >= 0.6 is 0 Å². The monoisotopic (exact) mass is 172 g/mol. The van der Waals surface area contributed by atoms with E-state index < -0.39 is 0 Å². The Morgan fingerprint density at radius 1 is 1.50 bits per heavy atom. The highest BCUT2D eigenvalue weighted by atomic mass is 16.5. The molecule has 0 aromatic heterocycles. The van der Waals surface area contributed by atoms with Crippen LogP contribution in [0.25, 0.3) is 0 Å². The summed E-state index contributed by atoms with van der Waals surface area (Å²) in [6, 6.07) is 0. The maximum absolute atomic E-state index is 11.2. The van der Waals surface area contributed by atoms with E-state index in [2.05, 4.69) is 0 Å². The molecule has 0 aliphatic rings. The molecule has 0 aliphatic heterocycles. The molecule has 3 nitrogen and oxygen atoms in total. The summed E-state index contributed by atoms with van der Waals surface area (Å²) < 4.78 is 9.60. The lowest BCUT2D eigenvalue weighted by molar-refractivity contribution is -0.139. The summed E-state index contributed by atoms with van der Waals surface area (Å²) in [5.74, 6) is -0.168. The highest BCUT2D eigenvalue weighted by Crippen LogP contribution is 2.11. The van der Waals surface area contributed by atoms with E-state index in [0.29, 0.717) is 12.2 Å². The third kappa shape index (κ3) is 3.42. The lowest BCUT2D eigenvalue weighted by Crippen LogP contribution is -2.12. The van der Waals surface area contributed by atoms with Gasteiger partial charge in [0.2, 0.25) is 0 Å². The summed E-state index contributed by atoms with van der Waals surface area (Å²) in [6.45, 7) is 6.01. The molecule has 0 amide bonds. The molecule has 0 aromatic carbocycles. The first kappa shape index (κ1) is 11.0. The highest BCUT2D eigenvalue weighted by Gasteiger charge is 2.14. The number of hydrogen-bond donors (Lipinski definition) is 0. The van der Waals surface area contributed by atoms with E-state index in [4.69, 9.17) is 9.47 Å². The Kier molecular flexibility index (Phi) is 5.17. The van der Waals surface area contributed by atoms with E-state index in [1.165, 1.54) is 13.4 Å². The number of rotatable bonds is 4. The third-order valence-corrected chi connectivity index (χ3v) is 1.38. The van der Waals surface area contributed by atoms with E-state index >= 15 is 0 Å². The minimum Gasteiger partial charge on any atom is -0.504 e. The maximum atomic E-state index is 11.2. The Morgan fingerprint density at radius 3 is 2.42 bits per heavy atom. The zero-order chi connectivity index (χ0) is 9.56. The Bertz CT molecular complexity index is 171. The average Bonchev–Trinajstić information content (AvgIpc) is 1.99. The van der Waals surface area contributed by atoms with Crippen LogP contribution in [0.15, 0.2) is 11.8 Å². The molecule has 0 N–H and O–H groups in total. The molecule has 0 saturated heterocycles. The fourth-order valence-corrected chi connectivity index (χ4v) is 0.761. The lowest BCUT2D eigenvalue weighted by Gasteiger charge is -2.08. The Labute approximate surface area is 73.4 Å². The number of carbonyl (C=O) groups excluding carboxylic acids is 1. The molecule has 0 spiro atoms. The van der Waals surface area contributed by atoms with Crippen LogP contribution in [0.4, 0.5) is 0 Å². The van der Waals surface area contributed by atoms with Crippen molar-refractivity contribution in [2.45, 2.75) is 20.8 Å². The first-order valence-electron chi connectivity index (χ1n) is 4.03. The quantitative estimate of drug-likeness (QED) is 0.368. The van der Waals surface area contributed by atoms with Crippen molar-refractivity contribution in [1.29, 1.82) is 0 Å². The summed E-state index contributed by atoms with van der Waals surface area (Å²) in [4.78, 5) is 11.2. The van der Waals surface area contributed by atoms with E-state index in [0.717, 1.165) is 0 Å². The third-order valence-electron chi connectivity index (χ3n) is 1.38. The van der Waals surface area contributed by atoms with Crippen LogP contribution in [0, 0.1) is 5.92 Å². The Morgan fingerprint density at radius 2 is 2.08 bits per heavy atom. The van der Waals surface area contributed by atoms with Crippen molar-refractivity contribution in [1.82, 2.24) is 0 Å². The summed E-state index contributed by atoms with van der Waals surface area (Å²) >= 11 is 0. The molecule has 0 unspecified atom stereocenters. The summed E-state index contributed by atoms with van der Waals surface area (Å²) in [5.41, 5.74) is 0.569. The average molecular weight is 172 g/mol. The minimum atomic E-state index is -0.297. The zero-order valence-corrected chi connectivity index (χ0v) is 8.09. The molecule has 0 aromatic rings. The van der Waals surface area contributed by atoms with E-state index in [1.54, 1.807) is 6.92 Å². The minimum absolute atomic E-state index is 0.129. The molecule has 3 heteroatoms. The van der Waals surface area contributed by atoms with Crippen molar-refractivity contribution in [2.75, 3.05) is 13.7 Å². The molecule has 0 saturated carbocycles. The summed E-state index contributed by atoms with van der Waals surface area (Å²) in [7, 11) is 1.52. The number of methoxy groups -OCH3 is 1.